The molecular formula is C21H25F5N8O. The highest BCUT2D eigenvalue weighted by Crippen LogP contribution is 2.56. The van der Waals surface area contributed by atoms with E-state index in [2.05, 4.69) is 25.3 Å². The van der Waals surface area contributed by atoms with Gasteiger partial charge in [0, 0.05) is 43.4 Å². The lowest BCUT2D eigenvalue weighted by atomic mass is 9.57. The number of rotatable bonds is 5. The second-order valence-corrected chi connectivity index (χ2v) is 10.9. The number of carbonyl (C=O) groups excluding carboxylic acids is 1. The number of nitrogens with one attached hydrogen (secondary N) is 1. The van der Waals surface area contributed by atoms with Crippen LogP contribution < -0.4 is 0 Å². The lowest BCUT2D eigenvalue weighted by Gasteiger charge is -2.63. The van der Waals surface area contributed by atoms with E-state index < -0.39 is 24.8 Å². The highest BCUT2D eigenvalue weighted by Gasteiger charge is 2.58. The molecule has 190 valence electrons. The van der Waals surface area contributed by atoms with Gasteiger partial charge in [0.15, 0.2) is 5.82 Å². The number of amides is 2. The van der Waals surface area contributed by atoms with Crippen molar-refractivity contribution in [1.82, 2.24) is 39.7 Å². The van der Waals surface area contributed by atoms with Crippen LogP contribution in [0.15, 0.2) is 6.33 Å². The Morgan fingerprint density at radius 3 is 2.29 bits per heavy atom. The van der Waals surface area contributed by atoms with Crippen molar-refractivity contribution in [3.63, 3.8) is 0 Å². The summed E-state index contributed by atoms with van der Waals surface area (Å²) in [5.41, 5.74) is 0.179. The maximum absolute atomic E-state index is 12.8. The maximum atomic E-state index is 12.8. The van der Waals surface area contributed by atoms with E-state index >= 15 is 0 Å². The highest BCUT2D eigenvalue weighted by atomic mass is 19.4. The molecule has 2 spiro atoms. The standard InChI is InChI=1S/C21H25F5N8O/c22-16(23)17-27-11-34(31-17)13-4-20(5-13)9-33(10-20)18(35)32-7-19(8-32)2-12(3-19)1-14-28-15(30-29-14)6-21(24,25)26/h11-13,16H,1-10H2,(H,28,29,30). The zero-order valence-corrected chi connectivity index (χ0v) is 18.8. The SMILES string of the molecule is O=C(N1CC2(CC(Cc3nc(CC(F)(F)F)n[nH]3)C2)C1)N1CC2(CC(n3cnc(C(F)F)n3)C2)C1. The van der Waals surface area contributed by atoms with Gasteiger partial charge in [-0.3, -0.25) is 5.10 Å². The summed E-state index contributed by atoms with van der Waals surface area (Å²) in [7, 11) is 0. The number of hydrogen-bond donors (Lipinski definition) is 1. The lowest BCUT2D eigenvalue weighted by Crippen LogP contribution is -2.71. The van der Waals surface area contributed by atoms with E-state index in [1.807, 2.05) is 9.80 Å². The number of likely N-dealkylation sites (tertiary alicyclic amines) is 2. The number of aromatic amines is 1. The molecule has 2 aromatic rings. The smallest absolute Gasteiger partial charge is 0.323 e. The van der Waals surface area contributed by atoms with Crippen LogP contribution in [0, 0.1) is 16.7 Å². The molecule has 6 rings (SSSR count). The highest BCUT2D eigenvalue weighted by molar-refractivity contribution is 5.77. The van der Waals surface area contributed by atoms with Gasteiger partial charge in [0.2, 0.25) is 5.82 Å². The zero-order valence-electron chi connectivity index (χ0n) is 18.8. The van der Waals surface area contributed by atoms with E-state index in [4.69, 9.17) is 0 Å². The molecule has 2 aliphatic carbocycles. The Bertz CT molecular complexity index is 1100. The number of hydrogen-bond acceptors (Lipinski definition) is 5. The Hall–Kier alpha value is -2.80. The molecule has 0 unspecified atom stereocenters. The van der Waals surface area contributed by atoms with Crippen molar-refractivity contribution < 1.29 is 26.7 Å². The van der Waals surface area contributed by atoms with Crippen molar-refractivity contribution in [3.05, 3.63) is 23.8 Å². The van der Waals surface area contributed by atoms with Crippen molar-refractivity contribution >= 4 is 6.03 Å². The summed E-state index contributed by atoms with van der Waals surface area (Å²) in [5, 5.41) is 10.1. The first-order valence-electron chi connectivity index (χ1n) is 11.7. The topological polar surface area (TPSA) is 95.8 Å². The summed E-state index contributed by atoms with van der Waals surface area (Å²) in [6, 6.07) is 0.0984. The first-order valence-corrected chi connectivity index (χ1v) is 11.7. The molecule has 0 radical (unpaired) electrons. The number of H-pyrrole nitrogens is 1. The number of nitrogens with zero attached hydrogens (tertiary/aromatic N) is 7. The summed E-state index contributed by atoms with van der Waals surface area (Å²) < 4.78 is 64.2. The van der Waals surface area contributed by atoms with Crippen molar-refractivity contribution in [1.29, 1.82) is 0 Å². The number of carbonyl (C=O) groups is 1. The summed E-state index contributed by atoms with van der Waals surface area (Å²) >= 11 is 0. The number of urea groups is 1. The van der Waals surface area contributed by atoms with Crippen LogP contribution in [0.5, 0.6) is 0 Å². The second kappa shape index (κ2) is 7.60. The molecular weight excluding hydrogens is 475 g/mol. The monoisotopic (exact) mass is 500 g/mol. The molecule has 2 saturated heterocycles. The fourth-order valence-corrected chi connectivity index (χ4v) is 6.47. The predicted molar refractivity (Wildman–Crippen MR) is 109 cm³/mol. The fourth-order valence-electron chi connectivity index (χ4n) is 6.47. The van der Waals surface area contributed by atoms with Gasteiger partial charge < -0.3 is 9.80 Å². The Morgan fingerprint density at radius 1 is 1.09 bits per heavy atom. The van der Waals surface area contributed by atoms with Gasteiger partial charge >= 0.3 is 12.2 Å². The Balaban J connectivity index is 0.912. The first-order chi connectivity index (χ1) is 16.5. The lowest BCUT2D eigenvalue weighted by molar-refractivity contribution is -0.128. The molecule has 2 saturated carbocycles. The van der Waals surface area contributed by atoms with Gasteiger partial charge in [0.05, 0.1) is 6.04 Å². The van der Waals surface area contributed by atoms with Gasteiger partial charge in [-0.15, -0.1) is 5.10 Å². The van der Waals surface area contributed by atoms with Crippen LogP contribution in [-0.2, 0) is 12.8 Å². The average Bonchev–Trinajstić information content (AvgIpc) is 3.28. The maximum Gasteiger partial charge on any atom is 0.396 e. The predicted octanol–water partition coefficient (Wildman–Crippen LogP) is 3.15. The third-order valence-corrected chi connectivity index (χ3v) is 7.94. The van der Waals surface area contributed by atoms with Gasteiger partial charge in [-0.05, 0) is 31.6 Å². The van der Waals surface area contributed by atoms with Crippen molar-refractivity contribution in [3.8, 4) is 0 Å². The summed E-state index contributed by atoms with van der Waals surface area (Å²) in [4.78, 5) is 24.1. The molecule has 1 N–H and O–H groups in total. The molecule has 0 bridgehead atoms. The van der Waals surface area contributed by atoms with Crippen molar-refractivity contribution in [2.75, 3.05) is 26.2 Å². The van der Waals surface area contributed by atoms with E-state index in [0.29, 0.717) is 44.3 Å². The Kier molecular flexibility index (Phi) is 4.92. The molecule has 4 heterocycles. The summed E-state index contributed by atoms with van der Waals surface area (Å²) in [6.45, 7) is 2.77. The molecule has 4 aliphatic rings. The van der Waals surface area contributed by atoms with Crippen LogP contribution in [0.2, 0.25) is 0 Å². The minimum absolute atomic E-state index is 0.0425. The molecule has 2 aliphatic heterocycles. The van der Waals surface area contributed by atoms with Crippen molar-refractivity contribution in [2.24, 2.45) is 16.7 Å². The molecule has 14 heteroatoms. The zero-order chi connectivity index (χ0) is 24.6. The molecule has 2 aromatic heterocycles. The molecule has 0 atom stereocenters. The quantitative estimate of drug-likeness (QED) is 0.637. The van der Waals surface area contributed by atoms with Crippen LogP contribution in [0.25, 0.3) is 0 Å². The van der Waals surface area contributed by atoms with Crippen LogP contribution >= 0.6 is 0 Å². The van der Waals surface area contributed by atoms with Gasteiger partial charge in [0.1, 0.15) is 18.6 Å². The second-order valence-electron chi connectivity index (χ2n) is 10.9. The van der Waals surface area contributed by atoms with Crippen molar-refractivity contribution in [2.45, 2.75) is 57.2 Å². The van der Waals surface area contributed by atoms with Gasteiger partial charge in [0.25, 0.3) is 6.43 Å². The van der Waals surface area contributed by atoms with Gasteiger partial charge in [-0.1, -0.05) is 0 Å². The minimum Gasteiger partial charge on any atom is -0.323 e. The largest absolute Gasteiger partial charge is 0.396 e. The third-order valence-electron chi connectivity index (χ3n) is 7.94. The van der Waals surface area contributed by atoms with E-state index in [-0.39, 0.29) is 28.7 Å². The first kappa shape index (κ1) is 22.7. The minimum atomic E-state index is -4.32. The molecule has 4 fully saturated rings. The molecule has 2 amide bonds. The molecule has 0 aromatic carbocycles. The fraction of sp³-hybridized carbons (Fsp3) is 0.762. The summed E-state index contributed by atoms with van der Waals surface area (Å²) in [6.07, 6.45) is -2.74. The van der Waals surface area contributed by atoms with Gasteiger partial charge in [-0.25, -0.2) is 28.2 Å². The van der Waals surface area contributed by atoms with E-state index in [1.165, 1.54) is 11.0 Å². The number of halogens is 5. The van der Waals surface area contributed by atoms with E-state index in [0.717, 1.165) is 25.7 Å². The Labute approximate surface area is 197 Å². The van der Waals surface area contributed by atoms with E-state index in [1.54, 1.807) is 0 Å². The van der Waals surface area contributed by atoms with E-state index in [9.17, 15) is 26.7 Å². The number of aromatic nitrogens is 6. The Morgan fingerprint density at radius 2 is 1.71 bits per heavy atom. The van der Waals surface area contributed by atoms with Gasteiger partial charge in [-0.2, -0.15) is 18.3 Å². The van der Waals surface area contributed by atoms with Crippen LogP contribution in [0.1, 0.15) is 55.6 Å². The molecule has 9 nitrogen and oxygen atoms in total. The summed E-state index contributed by atoms with van der Waals surface area (Å²) in [5.74, 6) is 0.137. The number of alkyl halides is 5. The average molecular weight is 500 g/mol. The van der Waals surface area contributed by atoms with Crippen LogP contribution in [-0.4, -0.2) is 78.1 Å². The molecule has 35 heavy (non-hydrogen) atoms. The van der Waals surface area contributed by atoms with Crippen LogP contribution in [0.4, 0.5) is 26.7 Å². The normalized spacial score (nSPS) is 23.4. The van der Waals surface area contributed by atoms with Crippen LogP contribution in [0.3, 0.4) is 0 Å². The third kappa shape index (κ3) is 4.14.